The predicted octanol–water partition coefficient (Wildman–Crippen LogP) is 1.42. The highest BCUT2D eigenvalue weighted by molar-refractivity contribution is 7.91. The van der Waals surface area contributed by atoms with E-state index in [4.69, 9.17) is 10.6 Å². The van der Waals surface area contributed by atoms with Crippen molar-refractivity contribution >= 4 is 32.3 Å². The summed E-state index contributed by atoms with van der Waals surface area (Å²) < 4.78 is 25.6. The number of hydrogen-bond donors (Lipinski definition) is 3. The topological polar surface area (TPSA) is 124 Å². The first-order valence-electron chi connectivity index (χ1n) is 10.6. The molecule has 0 unspecified atom stereocenters. The number of fused-ring (bicyclic) bond motifs is 1. The van der Waals surface area contributed by atoms with E-state index in [0.717, 1.165) is 47.4 Å². The molecule has 2 aromatic rings. The van der Waals surface area contributed by atoms with E-state index in [1.807, 2.05) is 24.0 Å². The van der Waals surface area contributed by atoms with Crippen LogP contribution < -0.4 is 16.5 Å². The molecule has 1 aliphatic carbocycles. The molecular formula is C20H28N6O3S. The van der Waals surface area contributed by atoms with Crippen LogP contribution in [0.3, 0.4) is 0 Å². The monoisotopic (exact) mass is 432 g/mol. The van der Waals surface area contributed by atoms with Gasteiger partial charge in [-0.2, -0.15) is 5.10 Å². The summed E-state index contributed by atoms with van der Waals surface area (Å²) in [5, 5.41) is 9.01. The van der Waals surface area contributed by atoms with E-state index in [0.29, 0.717) is 25.3 Å². The molecule has 162 valence electrons. The van der Waals surface area contributed by atoms with Gasteiger partial charge in [0.05, 0.1) is 34.5 Å². The average molecular weight is 433 g/mol. The molecule has 2 aliphatic heterocycles. The predicted molar refractivity (Wildman–Crippen MR) is 115 cm³/mol. The molecule has 10 heteroatoms. The quantitative estimate of drug-likeness (QED) is 0.648. The van der Waals surface area contributed by atoms with E-state index in [-0.39, 0.29) is 23.1 Å². The van der Waals surface area contributed by atoms with Crippen LogP contribution in [0.15, 0.2) is 18.5 Å². The Morgan fingerprint density at radius 3 is 2.80 bits per heavy atom. The van der Waals surface area contributed by atoms with Crippen LogP contribution in [0.25, 0.3) is 16.7 Å². The first-order chi connectivity index (χ1) is 14.4. The minimum Gasteiger partial charge on any atom is -0.381 e. The van der Waals surface area contributed by atoms with Crippen molar-refractivity contribution in [2.24, 2.45) is 11.7 Å². The number of anilines is 1. The third-order valence-electron chi connectivity index (χ3n) is 6.53. The minimum atomic E-state index is -2.92. The second-order valence-corrected chi connectivity index (χ2v) is 11.0. The van der Waals surface area contributed by atoms with Gasteiger partial charge in [-0.15, -0.1) is 0 Å². The van der Waals surface area contributed by atoms with Crippen LogP contribution in [-0.2, 0) is 21.2 Å². The molecule has 2 aromatic heterocycles. The number of nitrogens with one attached hydrogen (secondary N) is 2. The molecule has 4 heterocycles. The Morgan fingerprint density at radius 2 is 2.10 bits per heavy atom. The molecule has 0 radical (unpaired) electrons. The lowest BCUT2D eigenvalue weighted by atomic mass is 9.70. The molecule has 0 amide bonds. The van der Waals surface area contributed by atoms with Gasteiger partial charge in [0.2, 0.25) is 0 Å². The second kappa shape index (κ2) is 7.21. The van der Waals surface area contributed by atoms with Crippen LogP contribution in [0.4, 0.5) is 5.69 Å². The zero-order valence-electron chi connectivity index (χ0n) is 17.1. The Labute approximate surface area is 175 Å². The zero-order chi connectivity index (χ0) is 20.9. The lowest BCUT2D eigenvalue weighted by Gasteiger charge is -2.41. The number of nitrogens with two attached hydrogens (primary N) is 1. The van der Waals surface area contributed by atoms with Gasteiger partial charge in [0, 0.05) is 24.3 Å². The average Bonchev–Trinajstić information content (AvgIpc) is 3.33. The van der Waals surface area contributed by atoms with Crippen molar-refractivity contribution in [3.63, 3.8) is 0 Å². The number of hydrogen-bond acceptors (Lipinski definition) is 8. The smallest absolute Gasteiger partial charge is 0.159 e. The molecule has 2 fully saturated rings. The van der Waals surface area contributed by atoms with E-state index >= 15 is 0 Å². The Morgan fingerprint density at radius 1 is 1.33 bits per heavy atom. The van der Waals surface area contributed by atoms with Gasteiger partial charge in [0.15, 0.2) is 5.65 Å². The summed E-state index contributed by atoms with van der Waals surface area (Å²) in [5.74, 6) is 0.930. The van der Waals surface area contributed by atoms with Crippen LogP contribution in [-0.4, -0.2) is 52.9 Å². The largest absolute Gasteiger partial charge is 0.381 e. The SMILES string of the molecule is CCn1ncc2c(NC3CCS(=O)(=O)CC3)c(C3=CC4(CC(CN)C4)ON3)cnc21. The second-order valence-electron chi connectivity index (χ2n) is 8.65. The van der Waals surface area contributed by atoms with Gasteiger partial charge < -0.3 is 11.1 Å². The summed E-state index contributed by atoms with van der Waals surface area (Å²) in [6.45, 7) is 3.43. The van der Waals surface area contributed by atoms with E-state index < -0.39 is 9.84 Å². The van der Waals surface area contributed by atoms with E-state index in [1.54, 1.807) is 0 Å². The van der Waals surface area contributed by atoms with Crippen molar-refractivity contribution in [1.29, 1.82) is 0 Å². The van der Waals surface area contributed by atoms with Crippen molar-refractivity contribution in [3.05, 3.63) is 24.0 Å². The van der Waals surface area contributed by atoms with Gasteiger partial charge in [0.25, 0.3) is 0 Å². The normalized spacial score (nSPS) is 23.3. The Bertz CT molecular complexity index is 1090. The lowest BCUT2D eigenvalue weighted by molar-refractivity contribution is -0.108. The first kappa shape index (κ1) is 19.8. The standard InChI is InChI=1S/C20H28N6O3S/c1-2-26-19-16(12-23-26)18(24-14-3-5-30(27,28)6-4-14)15(11-22-19)17-9-20(29-25-17)7-13(8-20)10-21/h9,11-14,25H,2-8,10,21H2,1H3,(H,22,24). The number of sulfone groups is 1. The van der Waals surface area contributed by atoms with Crippen molar-refractivity contribution < 1.29 is 13.3 Å². The van der Waals surface area contributed by atoms with Crippen molar-refractivity contribution in [1.82, 2.24) is 20.2 Å². The molecule has 30 heavy (non-hydrogen) atoms. The van der Waals surface area contributed by atoms with Crippen LogP contribution >= 0.6 is 0 Å². The molecule has 3 aliphatic rings. The molecule has 9 nitrogen and oxygen atoms in total. The third-order valence-corrected chi connectivity index (χ3v) is 8.25. The number of pyridine rings is 1. The van der Waals surface area contributed by atoms with Gasteiger partial charge in [-0.05, 0) is 51.1 Å². The Kier molecular flexibility index (Phi) is 4.75. The van der Waals surface area contributed by atoms with Gasteiger partial charge in [-0.3, -0.25) is 10.3 Å². The zero-order valence-corrected chi connectivity index (χ0v) is 17.9. The van der Waals surface area contributed by atoms with Gasteiger partial charge in [-0.1, -0.05) is 0 Å². The molecule has 5 rings (SSSR count). The van der Waals surface area contributed by atoms with Gasteiger partial charge in [-0.25, -0.2) is 18.1 Å². The van der Waals surface area contributed by atoms with Crippen molar-refractivity contribution in [2.45, 2.75) is 50.8 Å². The lowest BCUT2D eigenvalue weighted by Crippen LogP contribution is -2.46. The highest BCUT2D eigenvalue weighted by Gasteiger charge is 2.47. The van der Waals surface area contributed by atoms with Crippen LogP contribution in [0.1, 0.15) is 38.2 Å². The Hall–Kier alpha value is -2.17. The van der Waals surface area contributed by atoms with Gasteiger partial charge >= 0.3 is 0 Å². The highest BCUT2D eigenvalue weighted by atomic mass is 32.2. The van der Waals surface area contributed by atoms with E-state index in [1.165, 1.54) is 0 Å². The first-order valence-corrected chi connectivity index (χ1v) is 12.4. The molecule has 0 atom stereocenters. The fraction of sp³-hybridized carbons (Fsp3) is 0.600. The van der Waals surface area contributed by atoms with Crippen molar-refractivity contribution in [2.75, 3.05) is 23.4 Å². The number of nitrogens with zero attached hydrogens (tertiary/aromatic N) is 3. The summed E-state index contributed by atoms with van der Waals surface area (Å²) in [4.78, 5) is 10.6. The maximum Gasteiger partial charge on any atom is 0.159 e. The third kappa shape index (κ3) is 3.36. The minimum absolute atomic E-state index is 0.0880. The highest BCUT2D eigenvalue weighted by Crippen LogP contribution is 2.46. The van der Waals surface area contributed by atoms with E-state index in [9.17, 15) is 8.42 Å². The fourth-order valence-electron chi connectivity index (χ4n) is 4.75. The maximum atomic E-state index is 11.8. The van der Waals surface area contributed by atoms with Crippen molar-refractivity contribution in [3.8, 4) is 0 Å². The molecule has 0 aromatic carbocycles. The number of aryl methyl sites for hydroxylation is 1. The summed E-state index contributed by atoms with van der Waals surface area (Å²) >= 11 is 0. The number of aromatic nitrogens is 3. The fourth-order valence-corrected chi connectivity index (χ4v) is 6.24. The van der Waals surface area contributed by atoms with Gasteiger partial charge in [0.1, 0.15) is 15.4 Å². The summed E-state index contributed by atoms with van der Waals surface area (Å²) in [5.41, 5.74) is 12.1. The number of hydroxylamine groups is 1. The molecule has 4 N–H and O–H groups in total. The molecule has 1 spiro atoms. The molecule has 1 saturated heterocycles. The van der Waals surface area contributed by atoms with Crippen LogP contribution in [0.2, 0.25) is 0 Å². The maximum absolute atomic E-state index is 11.8. The summed E-state index contributed by atoms with van der Waals surface area (Å²) in [7, 11) is -2.92. The molecular weight excluding hydrogens is 404 g/mol. The summed E-state index contributed by atoms with van der Waals surface area (Å²) in [6, 6.07) is 0.0880. The molecule has 1 saturated carbocycles. The van der Waals surface area contributed by atoms with Crippen LogP contribution in [0.5, 0.6) is 0 Å². The van der Waals surface area contributed by atoms with E-state index in [2.05, 4.69) is 27.0 Å². The van der Waals surface area contributed by atoms with Crippen LogP contribution in [0, 0.1) is 5.92 Å². The number of rotatable bonds is 5. The molecule has 0 bridgehead atoms. The summed E-state index contributed by atoms with van der Waals surface area (Å²) in [6.07, 6.45) is 8.83. The Balaban J connectivity index is 1.50.